The number of hydrogen-bond donors (Lipinski definition) is 3. The van der Waals surface area contributed by atoms with E-state index in [4.69, 9.17) is 0 Å². The SMILES string of the molecule is CNC(C(C)C)C(O)c1ccc2c(c1)CC(=O)N2. The highest BCUT2D eigenvalue weighted by Gasteiger charge is 2.25. The van der Waals surface area contributed by atoms with Gasteiger partial charge in [0.25, 0.3) is 0 Å². The second-order valence-corrected chi connectivity index (χ2v) is 5.14. The van der Waals surface area contributed by atoms with Crippen molar-refractivity contribution in [3.63, 3.8) is 0 Å². The molecule has 2 rings (SSSR count). The summed E-state index contributed by atoms with van der Waals surface area (Å²) < 4.78 is 0. The number of amides is 1. The number of carbonyl (C=O) groups is 1. The van der Waals surface area contributed by atoms with Crippen LogP contribution in [0.15, 0.2) is 18.2 Å². The molecule has 2 atom stereocenters. The molecule has 1 aliphatic heterocycles. The maximum absolute atomic E-state index is 11.3. The molecule has 4 heteroatoms. The Labute approximate surface area is 107 Å². The van der Waals surface area contributed by atoms with Gasteiger partial charge >= 0.3 is 0 Å². The molecule has 0 aromatic heterocycles. The summed E-state index contributed by atoms with van der Waals surface area (Å²) in [6.07, 6.45) is -0.155. The second-order valence-electron chi connectivity index (χ2n) is 5.14. The Morgan fingerprint density at radius 2 is 2.11 bits per heavy atom. The van der Waals surface area contributed by atoms with Crippen LogP contribution in [0.5, 0.6) is 0 Å². The fourth-order valence-electron chi connectivity index (χ4n) is 2.50. The van der Waals surface area contributed by atoms with E-state index < -0.39 is 6.10 Å². The molecule has 0 radical (unpaired) electrons. The number of rotatable bonds is 4. The van der Waals surface area contributed by atoms with Gasteiger partial charge in [0.2, 0.25) is 5.91 Å². The van der Waals surface area contributed by atoms with Crippen LogP contribution in [0.2, 0.25) is 0 Å². The first-order valence-corrected chi connectivity index (χ1v) is 6.31. The minimum Gasteiger partial charge on any atom is -0.387 e. The van der Waals surface area contributed by atoms with Crippen molar-refractivity contribution in [1.29, 1.82) is 0 Å². The molecule has 1 aromatic carbocycles. The number of aliphatic hydroxyl groups is 1. The summed E-state index contributed by atoms with van der Waals surface area (Å²) in [6.45, 7) is 4.14. The molecule has 2 unspecified atom stereocenters. The van der Waals surface area contributed by atoms with Gasteiger partial charge in [-0.2, -0.15) is 0 Å². The summed E-state index contributed by atoms with van der Waals surface area (Å²) >= 11 is 0. The van der Waals surface area contributed by atoms with Crippen molar-refractivity contribution in [1.82, 2.24) is 5.32 Å². The van der Waals surface area contributed by atoms with Crippen molar-refractivity contribution in [2.24, 2.45) is 5.92 Å². The lowest BCUT2D eigenvalue weighted by atomic mass is 9.92. The van der Waals surface area contributed by atoms with Crippen molar-refractivity contribution >= 4 is 11.6 Å². The average molecular weight is 248 g/mol. The topological polar surface area (TPSA) is 61.4 Å². The maximum Gasteiger partial charge on any atom is 0.228 e. The lowest BCUT2D eigenvalue weighted by molar-refractivity contribution is -0.115. The van der Waals surface area contributed by atoms with Crippen LogP contribution in [0.1, 0.15) is 31.1 Å². The fraction of sp³-hybridized carbons (Fsp3) is 0.500. The first kappa shape index (κ1) is 13.1. The molecule has 1 heterocycles. The van der Waals surface area contributed by atoms with Crippen molar-refractivity contribution < 1.29 is 9.90 Å². The third kappa shape index (κ3) is 2.40. The molecule has 0 saturated heterocycles. The number of benzene rings is 1. The van der Waals surface area contributed by atoms with E-state index in [0.29, 0.717) is 12.3 Å². The Morgan fingerprint density at radius 1 is 1.39 bits per heavy atom. The fourth-order valence-corrected chi connectivity index (χ4v) is 2.50. The third-order valence-electron chi connectivity index (χ3n) is 3.49. The van der Waals surface area contributed by atoms with Crippen LogP contribution in [0.3, 0.4) is 0 Å². The van der Waals surface area contributed by atoms with E-state index in [-0.39, 0.29) is 11.9 Å². The molecule has 3 N–H and O–H groups in total. The average Bonchev–Trinajstić information content (AvgIpc) is 2.68. The summed E-state index contributed by atoms with van der Waals surface area (Å²) in [5.41, 5.74) is 2.69. The van der Waals surface area contributed by atoms with Crippen molar-refractivity contribution in [2.45, 2.75) is 32.4 Å². The van der Waals surface area contributed by atoms with E-state index in [1.807, 2.05) is 25.2 Å². The summed E-state index contributed by atoms with van der Waals surface area (Å²) in [7, 11) is 1.85. The zero-order valence-electron chi connectivity index (χ0n) is 11.0. The first-order valence-electron chi connectivity index (χ1n) is 6.31. The Kier molecular flexibility index (Phi) is 3.68. The zero-order valence-corrected chi connectivity index (χ0v) is 11.0. The van der Waals surface area contributed by atoms with E-state index in [2.05, 4.69) is 24.5 Å². The molecule has 98 valence electrons. The van der Waals surface area contributed by atoms with Gasteiger partial charge in [-0.1, -0.05) is 26.0 Å². The van der Waals surface area contributed by atoms with Crippen LogP contribution >= 0.6 is 0 Å². The predicted molar refractivity (Wildman–Crippen MR) is 71.4 cm³/mol. The molecule has 0 saturated carbocycles. The van der Waals surface area contributed by atoms with E-state index in [1.165, 1.54) is 0 Å². The molecule has 0 aliphatic carbocycles. The van der Waals surface area contributed by atoms with Crippen LogP contribution in [0.4, 0.5) is 5.69 Å². The molecule has 1 aliphatic rings. The Hall–Kier alpha value is -1.39. The van der Waals surface area contributed by atoms with Gasteiger partial charge < -0.3 is 15.7 Å². The lowest BCUT2D eigenvalue weighted by Gasteiger charge is -2.26. The van der Waals surface area contributed by atoms with Gasteiger partial charge in [0.15, 0.2) is 0 Å². The second kappa shape index (κ2) is 5.08. The quantitative estimate of drug-likeness (QED) is 0.756. The minimum atomic E-state index is -0.559. The molecule has 4 nitrogen and oxygen atoms in total. The normalized spacial score (nSPS) is 17.5. The standard InChI is InChI=1S/C14H20N2O2/c1-8(2)13(15-3)14(18)9-4-5-11-10(6-9)7-12(17)16-11/h4-6,8,13-15,18H,7H2,1-3H3,(H,16,17). The molecule has 0 bridgehead atoms. The third-order valence-corrected chi connectivity index (χ3v) is 3.49. The first-order chi connectivity index (χ1) is 8.52. The van der Waals surface area contributed by atoms with Gasteiger partial charge in [-0.3, -0.25) is 4.79 Å². The monoisotopic (exact) mass is 248 g/mol. The highest BCUT2D eigenvalue weighted by atomic mass is 16.3. The highest BCUT2D eigenvalue weighted by Crippen LogP contribution is 2.29. The van der Waals surface area contributed by atoms with Crippen LogP contribution in [-0.2, 0) is 11.2 Å². The minimum absolute atomic E-state index is 0.00751. The smallest absolute Gasteiger partial charge is 0.228 e. The number of nitrogens with one attached hydrogen (secondary N) is 2. The van der Waals surface area contributed by atoms with Crippen LogP contribution < -0.4 is 10.6 Å². The molecule has 1 aromatic rings. The Morgan fingerprint density at radius 3 is 2.72 bits per heavy atom. The van der Waals surface area contributed by atoms with Gasteiger partial charge in [-0.15, -0.1) is 0 Å². The van der Waals surface area contributed by atoms with Crippen LogP contribution in [0, 0.1) is 5.92 Å². The molecule has 0 fully saturated rings. The number of likely N-dealkylation sites (N-methyl/N-ethyl adjacent to an activating group) is 1. The number of anilines is 1. The van der Waals surface area contributed by atoms with Gasteiger partial charge in [0.05, 0.1) is 12.5 Å². The molecule has 1 amide bonds. The number of hydrogen-bond acceptors (Lipinski definition) is 3. The highest BCUT2D eigenvalue weighted by molar-refractivity contribution is 5.99. The molecular formula is C14H20N2O2. The van der Waals surface area contributed by atoms with Gasteiger partial charge in [-0.05, 0) is 30.2 Å². The maximum atomic E-state index is 11.3. The van der Waals surface area contributed by atoms with Crippen molar-refractivity contribution in [2.75, 3.05) is 12.4 Å². The van der Waals surface area contributed by atoms with Gasteiger partial charge in [0, 0.05) is 11.7 Å². The summed E-state index contributed by atoms with van der Waals surface area (Å²) in [5, 5.41) is 16.3. The number of carbonyl (C=O) groups excluding carboxylic acids is 1. The van der Waals surface area contributed by atoms with E-state index in [0.717, 1.165) is 16.8 Å². The van der Waals surface area contributed by atoms with Crippen LogP contribution in [-0.4, -0.2) is 24.1 Å². The largest absolute Gasteiger partial charge is 0.387 e. The number of aliphatic hydroxyl groups excluding tert-OH is 1. The summed E-state index contributed by atoms with van der Waals surface area (Å²) in [6, 6.07) is 5.67. The molecular weight excluding hydrogens is 228 g/mol. The van der Waals surface area contributed by atoms with Crippen LogP contribution in [0.25, 0.3) is 0 Å². The Bertz CT molecular complexity index is 457. The molecule has 0 spiro atoms. The number of fused-ring (bicyclic) bond motifs is 1. The summed E-state index contributed by atoms with van der Waals surface area (Å²) in [5.74, 6) is 0.351. The predicted octanol–water partition coefficient (Wildman–Crippen LogP) is 1.46. The van der Waals surface area contributed by atoms with Gasteiger partial charge in [0.1, 0.15) is 0 Å². The molecule has 18 heavy (non-hydrogen) atoms. The van der Waals surface area contributed by atoms with Crippen molar-refractivity contribution in [3.8, 4) is 0 Å². The lowest BCUT2D eigenvalue weighted by Crippen LogP contribution is -2.36. The van der Waals surface area contributed by atoms with Gasteiger partial charge in [-0.25, -0.2) is 0 Å². The van der Waals surface area contributed by atoms with E-state index in [9.17, 15) is 9.90 Å². The Balaban J connectivity index is 2.24. The zero-order chi connectivity index (χ0) is 13.3. The summed E-state index contributed by atoms with van der Waals surface area (Å²) in [4.78, 5) is 11.3. The van der Waals surface area contributed by atoms with E-state index >= 15 is 0 Å². The van der Waals surface area contributed by atoms with Crippen molar-refractivity contribution in [3.05, 3.63) is 29.3 Å². The van der Waals surface area contributed by atoms with E-state index in [1.54, 1.807) is 0 Å².